The molecule has 0 aromatic rings. The molecule has 1 aliphatic carbocycles. The Labute approximate surface area is 103 Å². The molecule has 0 aromatic heterocycles. The number of carbonyl (C=O) groups excluding carboxylic acids is 1. The normalized spacial score (nSPS) is 38.0. The van der Waals surface area contributed by atoms with Gasteiger partial charge in [-0.3, -0.25) is 4.79 Å². The third-order valence-corrected chi connectivity index (χ3v) is 4.10. The predicted octanol–water partition coefficient (Wildman–Crippen LogP) is 1.05. The molecule has 0 aromatic carbocycles. The van der Waals surface area contributed by atoms with Crippen molar-refractivity contribution in [3.8, 4) is 0 Å². The molecule has 1 saturated heterocycles. The number of carbonyl (C=O) groups is 1. The summed E-state index contributed by atoms with van der Waals surface area (Å²) in [7, 11) is 0. The minimum absolute atomic E-state index is 0.0340. The molecule has 1 heterocycles. The molecule has 4 heteroatoms. The Kier molecular flexibility index (Phi) is 4.05. The molecule has 1 saturated carbocycles. The molecule has 2 aliphatic rings. The molecule has 3 unspecified atom stereocenters. The molecule has 3 N–H and O–H groups in total. The van der Waals surface area contributed by atoms with Crippen LogP contribution in [-0.2, 0) is 9.53 Å². The van der Waals surface area contributed by atoms with E-state index < -0.39 is 5.54 Å². The first-order chi connectivity index (χ1) is 8.10. The Bertz CT molecular complexity index is 275. The zero-order valence-corrected chi connectivity index (χ0v) is 10.7. The number of ether oxygens (including phenoxy) is 1. The maximum absolute atomic E-state index is 12.0. The predicted molar refractivity (Wildman–Crippen MR) is 66.5 cm³/mol. The van der Waals surface area contributed by atoms with Crippen LogP contribution in [0.4, 0.5) is 0 Å². The van der Waals surface area contributed by atoms with Crippen LogP contribution < -0.4 is 11.1 Å². The van der Waals surface area contributed by atoms with E-state index in [0.717, 1.165) is 12.5 Å². The first kappa shape index (κ1) is 12.8. The van der Waals surface area contributed by atoms with Gasteiger partial charge in [0.15, 0.2) is 0 Å². The topological polar surface area (TPSA) is 64.4 Å². The van der Waals surface area contributed by atoms with Crippen LogP contribution in [-0.4, -0.2) is 31.2 Å². The minimum Gasteiger partial charge on any atom is -0.379 e. The van der Waals surface area contributed by atoms with Crippen LogP contribution in [0.15, 0.2) is 0 Å². The molecular weight excluding hydrogens is 216 g/mol. The average molecular weight is 240 g/mol. The minimum atomic E-state index is -0.777. The van der Waals surface area contributed by atoms with Crippen molar-refractivity contribution in [2.45, 2.75) is 44.6 Å². The van der Waals surface area contributed by atoms with Gasteiger partial charge in [0.1, 0.15) is 5.54 Å². The number of rotatable bonds is 3. The largest absolute Gasteiger partial charge is 0.379 e. The van der Waals surface area contributed by atoms with Crippen molar-refractivity contribution in [3.63, 3.8) is 0 Å². The number of amides is 1. The van der Waals surface area contributed by atoms with Gasteiger partial charge in [0, 0.05) is 13.2 Å². The van der Waals surface area contributed by atoms with E-state index in [-0.39, 0.29) is 5.91 Å². The maximum Gasteiger partial charge on any atom is 0.242 e. The smallest absolute Gasteiger partial charge is 0.242 e. The summed E-state index contributed by atoms with van der Waals surface area (Å²) in [4.78, 5) is 12.0. The van der Waals surface area contributed by atoms with Crippen molar-refractivity contribution < 1.29 is 9.53 Å². The summed E-state index contributed by atoms with van der Waals surface area (Å²) in [5, 5.41) is 3.01. The molecule has 4 nitrogen and oxygen atoms in total. The van der Waals surface area contributed by atoms with Gasteiger partial charge < -0.3 is 15.8 Å². The second-order valence-corrected chi connectivity index (χ2v) is 5.81. The first-order valence-corrected chi connectivity index (χ1v) is 6.75. The summed E-state index contributed by atoms with van der Waals surface area (Å²) in [6, 6.07) is 0. The molecule has 0 radical (unpaired) electrons. The Morgan fingerprint density at radius 2 is 2.35 bits per heavy atom. The number of nitrogens with two attached hydrogens (primary N) is 1. The highest BCUT2D eigenvalue weighted by Crippen LogP contribution is 2.28. The zero-order chi connectivity index (χ0) is 12.3. The van der Waals surface area contributed by atoms with Gasteiger partial charge in [-0.2, -0.15) is 0 Å². The van der Waals surface area contributed by atoms with Crippen LogP contribution in [0, 0.1) is 11.8 Å². The van der Waals surface area contributed by atoms with Gasteiger partial charge in [0.05, 0.1) is 6.61 Å². The Morgan fingerprint density at radius 1 is 1.53 bits per heavy atom. The number of nitrogens with one attached hydrogen (secondary N) is 1. The highest BCUT2D eigenvalue weighted by Gasteiger charge is 2.38. The van der Waals surface area contributed by atoms with Crippen LogP contribution in [0.5, 0.6) is 0 Å². The Balaban J connectivity index is 1.75. The van der Waals surface area contributed by atoms with Gasteiger partial charge in [0.2, 0.25) is 5.91 Å². The van der Waals surface area contributed by atoms with E-state index in [4.69, 9.17) is 10.5 Å². The highest BCUT2D eigenvalue weighted by molar-refractivity contribution is 5.86. The third kappa shape index (κ3) is 3.19. The first-order valence-electron chi connectivity index (χ1n) is 6.75. The fourth-order valence-corrected chi connectivity index (χ4v) is 2.92. The Morgan fingerprint density at radius 3 is 3.00 bits per heavy atom. The average Bonchev–Trinajstić information content (AvgIpc) is 2.74. The second kappa shape index (κ2) is 5.36. The molecule has 2 fully saturated rings. The summed E-state index contributed by atoms with van der Waals surface area (Å²) in [6.45, 7) is 4.04. The van der Waals surface area contributed by atoms with Crippen LogP contribution in [0.25, 0.3) is 0 Å². The van der Waals surface area contributed by atoms with Gasteiger partial charge in [0.25, 0.3) is 0 Å². The highest BCUT2D eigenvalue weighted by atomic mass is 16.5. The Hall–Kier alpha value is -0.610. The zero-order valence-electron chi connectivity index (χ0n) is 10.7. The molecule has 17 heavy (non-hydrogen) atoms. The van der Waals surface area contributed by atoms with E-state index >= 15 is 0 Å². The summed E-state index contributed by atoms with van der Waals surface area (Å²) in [6.07, 6.45) is 5.73. The maximum atomic E-state index is 12.0. The fourth-order valence-electron chi connectivity index (χ4n) is 2.92. The standard InChI is InChI=1S/C13H24N2O2/c1-10-3-2-4-11(7-10)8-15-12(16)13(14)5-6-17-9-13/h10-11H,2-9,14H2,1H3,(H,15,16). The van der Waals surface area contributed by atoms with Crippen LogP contribution in [0.3, 0.4) is 0 Å². The lowest BCUT2D eigenvalue weighted by molar-refractivity contribution is -0.126. The van der Waals surface area contributed by atoms with E-state index in [1.54, 1.807) is 0 Å². The van der Waals surface area contributed by atoms with Gasteiger partial charge >= 0.3 is 0 Å². The van der Waals surface area contributed by atoms with E-state index in [9.17, 15) is 4.79 Å². The molecule has 98 valence electrons. The van der Waals surface area contributed by atoms with Crippen molar-refractivity contribution in [2.75, 3.05) is 19.8 Å². The summed E-state index contributed by atoms with van der Waals surface area (Å²) >= 11 is 0. The van der Waals surface area contributed by atoms with Gasteiger partial charge in [-0.25, -0.2) is 0 Å². The number of hydrogen-bond donors (Lipinski definition) is 2. The number of hydrogen-bond acceptors (Lipinski definition) is 3. The molecular formula is C13H24N2O2. The molecule has 0 spiro atoms. The lowest BCUT2D eigenvalue weighted by Crippen LogP contribution is -2.55. The monoisotopic (exact) mass is 240 g/mol. The SMILES string of the molecule is CC1CCCC(CNC(=O)C2(N)CCOC2)C1. The van der Waals surface area contributed by atoms with Crippen molar-refractivity contribution in [1.82, 2.24) is 5.32 Å². The van der Waals surface area contributed by atoms with E-state index in [2.05, 4.69) is 12.2 Å². The fraction of sp³-hybridized carbons (Fsp3) is 0.923. The molecule has 1 aliphatic heterocycles. The van der Waals surface area contributed by atoms with E-state index in [1.165, 1.54) is 25.7 Å². The van der Waals surface area contributed by atoms with E-state index in [1.807, 2.05) is 0 Å². The molecule has 1 amide bonds. The summed E-state index contributed by atoms with van der Waals surface area (Å²) < 4.78 is 5.20. The van der Waals surface area contributed by atoms with Crippen molar-refractivity contribution in [3.05, 3.63) is 0 Å². The van der Waals surface area contributed by atoms with Gasteiger partial charge in [-0.05, 0) is 31.1 Å². The molecule has 3 atom stereocenters. The van der Waals surface area contributed by atoms with E-state index in [0.29, 0.717) is 25.6 Å². The third-order valence-electron chi connectivity index (χ3n) is 4.10. The molecule has 2 rings (SSSR count). The van der Waals surface area contributed by atoms with Crippen molar-refractivity contribution >= 4 is 5.91 Å². The second-order valence-electron chi connectivity index (χ2n) is 5.81. The molecule has 0 bridgehead atoms. The lowest BCUT2D eigenvalue weighted by Gasteiger charge is -2.28. The van der Waals surface area contributed by atoms with Gasteiger partial charge in [-0.15, -0.1) is 0 Å². The summed E-state index contributed by atoms with van der Waals surface area (Å²) in [5.41, 5.74) is 5.23. The van der Waals surface area contributed by atoms with Gasteiger partial charge in [-0.1, -0.05) is 19.8 Å². The lowest BCUT2D eigenvalue weighted by atomic mass is 9.82. The van der Waals surface area contributed by atoms with Crippen LogP contribution in [0.1, 0.15) is 39.0 Å². The summed E-state index contributed by atoms with van der Waals surface area (Å²) in [5.74, 6) is 1.40. The quantitative estimate of drug-likeness (QED) is 0.775. The van der Waals surface area contributed by atoms with Crippen LogP contribution >= 0.6 is 0 Å². The van der Waals surface area contributed by atoms with Crippen molar-refractivity contribution in [2.24, 2.45) is 17.6 Å². The van der Waals surface area contributed by atoms with Crippen molar-refractivity contribution in [1.29, 1.82) is 0 Å². The van der Waals surface area contributed by atoms with Crippen LogP contribution in [0.2, 0.25) is 0 Å².